The average Bonchev–Trinajstić information content (AvgIpc) is 3.14. The number of amides is 1. The number of hydrogen-bond acceptors (Lipinski definition) is 4. The fourth-order valence-corrected chi connectivity index (χ4v) is 4.11. The molecular formula is C24H34N4O2. The van der Waals surface area contributed by atoms with E-state index in [4.69, 9.17) is 16.9 Å². The summed E-state index contributed by atoms with van der Waals surface area (Å²) in [5.41, 5.74) is 7.35. The number of nitrogens with two attached hydrogens (primary N) is 1. The van der Waals surface area contributed by atoms with E-state index in [-0.39, 0.29) is 5.91 Å². The molecule has 1 amide bonds. The number of carbonyl (C=O) groups excluding carboxylic acids is 1. The molecule has 1 aliphatic heterocycles. The second-order valence-electron chi connectivity index (χ2n) is 7.94. The molecule has 2 N–H and O–H groups in total. The Kier molecular flexibility index (Phi) is 8.58. The molecule has 30 heavy (non-hydrogen) atoms. The van der Waals surface area contributed by atoms with Gasteiger partial charge in [0, 0.05) is 38.8 Å². The van der Waals surface area contributed by atoms with Crippen LogP contribution in [0.25, 0.3) is 10.9 Å². The number of fused-ring (bicyclic) bond motifs is 3. The molecule has 0 aliphatic carbocycles. The number of nitrogens with zero attached hydrogens (tertiary/aromatic N) is 3. The summed E-state index contributed by atoms with van der Waals surface area (Å²) in [5.74, 6) is 3.36. The van der Waals surface area contributed by atoms with Crippen molar-refractivity contribution < 1.29 is 9.53 Å². The van der Waals surface area contributed by atoms with E-state index >= 15 is 0 Å². The second kappa shape index (κ2) is 11.6. The molecule has 2 aromatic rings. The third kappa shape index (κ3) is 5.54. The van der Waals surface area contributed by atoms with Gasteiger partial charge in [-0.3, -0.25) is 4.79 Å². The first-order valence-corrected chi connectivity index (χ1v) is 11.3. The molecule has 3 heterocycles. The van der Waals surface area contributed by atoms with Gasteiger partial charge in [0.25, 0.3) is 5.91 Å². The molecular weight excluding hydrogens is 376 g/mol. The summed E-state index contributed by atoms with van der Waals surface area (Å²) in [6, 6.07) is 3.88. The summed E-state index contributed by atoms with van der Waals surface area (Å²) in [6.45, 7) is 3.19. The molecule has 0 unspecified atom stereocenters. The number of pyridine rings is 1. The number of hydrogen-bond donors (Lipinski definition) is 1. The van der Waals surface area contributed by atoms with Crippen molar-refractivity contribution in [2.75, 3.05) is 26.2 Å². The largest absolute Gasteiger partial charge is 0.477 e. The monoisotopic (exact) mass is 410 g/mol. The highest BCUT2D eigenvalue weighted by molar-refractivity contribution is 6.00. The van der Waals surface area contributed by atoms with Gasteiger partial charge >= 0.3 is 0 Å². The molecule has 6 heteroatoms. The molecule has 162 valence electrons. The predicted molar refractivity (Wildman–Crippen MR) is 121 cm³/mol. The maximum atomic E-state index is 12.7. The fourth-order valence-electron chi connectivity index (χ4n) is 4.11. The maximum Gasteiger partial charge on any atom is 0.270 e. The number of rotatable bonds is 13. The van der Waals surface area contributed by atoms with Gasteiger partial charge in [-0.05, 0) is 25.0 Å². The van der Waals surface area contributed by atoms with Crippen molar-refractivity contribution in [2.24, 2.45) is 5.73 Å². The summed E-state index contributed by atoms with van der Waals surface area (Å²) >= 11 is 0. The van der Waals surface area contributed by atoms with Crippen LogP contribution in [-0.2, 0) is 6.54 Å². The van der Waals surface area contributed by atoms with E-state index in [1.165, 1.54) is 38.5 Å². The van der Waals surface area contributed by atoms with Gasteiger partial charge in [0.05, 0.1) is 17.5 Å². The van der Waals surface area contributed by atoms with Crippen molar-refractivity contribution in [3.8, 4) is 18.2 Å². The molecule has 0 spiro atoms. The highest BCUT2D eigenvalue weighted by atomic mass is 16.5. The number of unbranched alkanes of at least 4 members (excludes halogenated alkanes) is 8. The fraction of sp³-hybridized carbons (Fsp3) is 0.583. The van der Waals surface area contributed by atoms with Gasteiger partial charge in [-0.2, -0.15) is 0 Å². The lowest BCUT2D eigenvalue weighted by Crippen LogP contribution is -2.42. The second-order valence-corrected chi connectivity index (χ2v) is 7.94. The molecule has 6 nitrogen and oxygen atoms in total. The first-order chi connectivity index (χ1) is 14.8. The van der Waals surface area contributed by atoms with Crippen LogP contribution < -0.4 is 10.5 Å². The Balaban J connectivity index is 1.46. The average molecular weight is 411 g/mol. The summed E-state index contributed by atoms with van der Waals surface area (Å²) in [7, 11) is 0. The lowest BCUT2D eigenvalue weighted by atomic mass is 10.1. The summed E-state index contributed by atoms with van der Waals surface area (Å²) in [6.07, 6.45) is 17.6. The molecule has 0 aromatic carbocycles. The maximum absolute atomic E-state index is 12.7. The number of carbonyl (C=O) groups is 1. The van der Waals surface area contributed by atoms with Gasteiger partial charge in [-0.15, -0.1) is 12.3 Å². The molecule has 0 atom stereocenters. The molecule has 0 saturated heterocycles. The van der Waals surface area contributed by atoms with Crippen molar-refractivity contribution in [3.05, 3.63) is 24.0 Å². The van der Waals surface area contributed by atoms with Crippen LogP contribution in [-0.4, -0.2) is 46.6 Å². The Morgan fingerprint density at radius 1 is 1.10 bits per heavy atom. The molecule has 0 radical (unpaired) electrons. The lowest BCUT2D eigenvalue weighted by Gasteiger charge is -2.28. The SMILES string of the molecule is C#CCCCCCCCCCCOc1nccc2c1cc1n2CCN(CCN)C1=O. The van der Waals surface area contributed by atoms with Gasteiger partial charge in [0.15, 0.2) is 0 Å². The van der Waals surface area contributed by atoms with Crippen molar-refractivity contribution >= 4 is 16.8 Å². The summed E-state index contributed by atoms with van der Waals surface area (Å²) in [5, 5.41) is 0.919. The molecule has 0 bridgehead atoms. The molecule has 0 saturated carbocycles. The van der Waals surface area contributed by atoms with Crippen molar-refractivity contribution in [3.63, 3.8) is 0 Å². The Hall–Kier alpha value is -2.52. The molecule has 1 aliphatic rings. The summed E-state index contributed by atoms with van der Waals surface area (Å²) < 4.78 is 8.06. The van der Waals surface area contributed by atoms with E-state index in [0.717, 1.165) is 36.7 Å². The zero-order chi connectivity index (χ0) is 21.2. The quantitative estimate of drug-likeness (QED) is 0.400. The first kappa shape index (κ1) is 22.2. The van der Waals surface area contributed by atoms with Crippen LogP contribution in [0.4, 0.5) is 0 Å². The minimum atomic E-state index is 0.0353. The van der Waals surface area contributed by atoms with Crippen LogP contribution >= 0.6 is 0 Å². The van der Waals surface area contributed by atoms with Gasteiger partial charge in [0.1, 0.15) is 5.69 Å². The zero-order valence-electron chi connectivity index (χ0n) is 17.9. The van der Waals surface area contributed by atoms with E-state index in [0.29, 0.717) is 37.8 Å². The Morgan fingerprint density at radius 3 is 2.57 bits per heavy atom. The molecule has 3 rings (SSSR count). The third-order valence-electron chi connectivity index (χ3n) is 5.75. The van der Waals surface area contributed by atoms with Crippen molar-refractivity contribution in [1.82, 2.24) is 14.5 Å². The minimum Gasteiger partial charge on any atom is -0.477 e. The van der Waals surface area contributed by atoms with E-state index in [2.05, 4.69) is 15.5 Å². The standard InChI is InChI=1S/C24H34N4O2/c1-2-3-4-5-6-7-8-9-10-11-18-30-23-20-19-22-24(29)27(15-13-25)16-17-28(22)21(20)12-14-26-23/h1,12,14,19H,3-11,13,15-18,25H2. The Bertz CT molecular complexity index is 868. The number of ether oxygens (including phenoxy) is 1. The van der Waals surface area contributed by atoms with Crippen LogP contribution in [0.15, 0.2) is 18.3 Å². The van der Waals surface area contributed by atoms with E-state index in [1.54, 1.807) is 6.20 Å². The zero-order valence-corrected chi connectivity index (χ0v) is 17.9. The number of aromatic nitrogens is 2. The van der Waals surface area contributed by atoms with Crippen molar-refractivity contribution in [1.29, 1.82) is 0 Å². The van der Waals surface area contributed by atoms with Gasteiger partial charge in [-0.1, -0.05) is 38.5 Å². The number of terminal acetylenes is 1. The molecule has 2 aromatic heterocycles. The first-order valence-electron chi connectivity index (χ1n) is 11.3. The predicted octanol–water partition coefficient (Wildman–Crippen LogP) is 3.97. The molecule has 0 fully saturated rings. The van der Waals surface area contributed by atoms with Gasteiger partial charge in [0.2, 0.25) is 5.88 Å². The van der Waals surface area contributed by atoms with Crippen LogP contribution in [0.1, 0.15) is 68.3 Å². The van der Waals surface area contributed by atoms with Crippen LogP contribution in [0.3, 0.4) is 0 Å². The Labute approximate surface area is 179 Å². The highest BCUT2D eigenvalue weighted by Gasteiger charge is 2.26. The lowest BCUT2D eigenvalue weighted by molar-refractivity contribution is 0.0712. The van der Waals surface area contributed by atoms with Crippen LogP contribution in [0, 0.1) is 12.3 Å². The van der Waals surface area contributed by atoms with Gasteiger partial charge in [-0.25, -0.2) is 4.98 Å². The smallest absolute Gasteiger partial charge is 0.270 e. The van der Waals surface area contributed by atoms with E-state index < -0.39 is 0 Å². The van der Waals surface area contributed by atoms with Crippen LogP contribution in [0.2, 0.25) is 0 Å². The van der Waals surface area contributed by atoms with E-state index in [1.807, 2.05) is 17.0 Å². The normalized spacial score (nSPS) is 13.5. The minimum absolute atomic E-state index is 0.0353. The third-order valence-corrected chi connectivity index (χ3v) is 5.75. The van der Waals surface area contributed by atoms with Crippen molar-refractivity contribution in [2.45, 2.75) is 64.3 Å². The van der Waals surface area contributed by atoms with E-state index in [9.17, 15) is 4.79 Å². The van der Waals surface area contributed by atoms with Gasteiger partial charge < -0.3 is 19.9 Å². The topological polar surface area (TPSA) is 73.4 Å². The highest BCUT2D eigenvalue weighted by Crippen LogP contribution is 2.29. The Morgan fingerprint density at radius 2 is 1.83 bits per heavy atom. The summed E-state index contributed by atoms with van der Waals surface area (Å²) in [4.78, 5) is 19.0. The van der Waals surface area contributed by atoms with Crippen LogP contribution in [0.5, 0.6) is 5.88 Å².